The molecule has 32 heavy (non-hydrogen) atoms. The molecule has 0 spiro atoms. The first-order valence-corrected chi connectivity index (χ1v) is 11.6. The maximum Gasteiger partial charge on any atom is 0.233 e. The minimum absolute atomic E-state index is 0.0617. The fourth-order valence-corrected chi connectivity index (χ4v) is 5.57. The Morgan fingerprint density at radius 3 is 2.72 bits per heavy atom. The third kappa shape index (κ3) is 3.90. The summed E-state index contributed by atoms with van der Waals surface area (Å²) in [4.78, 5) is 20.3. The van der Waals surface area contributed by atoms with Gasteiger partial charge in [-0.05, 0) is 36.3 Å². The van der Waals surface area contributed by atoms with Crippen LogP contribution in [0.25, 0.3) is 10.8 Å². The molecule has 0 unspecified atom stereocenters. The van der Waals surface area contributed by atoms with E-state index in [4.69, 9.17) is 4.74 Å². The summed E-state index contributed by atoms with van der Waals surface area (Å²) in [6.45, 7) is 2.31. The van der Waals surface area contributed by atoms with E-state index in [9.17, 15) is 9.18 Å². The van der Waals surface area contributed by atoms with Gasteiger partial charge in [-0.1, -0.05) is 55.3 Å². The zero-order valence-corrected chi connectivity index (χ0v) is 18.3. The molecule has 1 aliphatic carbocycles. The SMILES string of the molecule is O=C(N1CCOC[C@H](Cc2cncc3ccccc23)C1)C1(c2ccccc2F)CCCC1. The van der Waals surface area contributed by atoms with E-state index in [1.54, 1.807) is 12.1 Å². The van der Waals surface area contributed by atoms with E-state index in [1.165, 1.54) is 17.0 Å². The minimum atomic E-state index is -0.749. The number of benzene rings is 2. The number of carbonyl (C=O) groups is 1. The van der Waals surface area contributed by atoms with E-state index >= 15 is 0 Å². The second-order valence-electron chi connectivity index (χ2n) is 9.19. The van der Waals surface area contributed by atoms with Gasteiger partial charge in [0.05, 0.1) is 18.6 Å². The zero-order chi connectivity index (χ0) is 22.0. The largest absolute Gasteiger partial charge is 0.379 e. The van der Waals surface area contributed by atoms with Crippen LogP contribution in [0, 0.1) is 11.7 Å². The average Bonchev–Trinajstić information content (AvgIpc) is 3.20. The van der Waals surface area contributed by atoms with Gasteiger partial charge in [-0.15, -0.1) is 0 Å². The Kier molecular flexibility index (Phi) is 5.92. The van der Waals surface area contributed by atoms with Crippen molar-refractivity contribution in [3.63, 3.8) is 0 Å². The maximum atomic E-state index is 14.8. The van der Waals surface area contributed by atoms with E-state index in [0.29, 0.717) is 44.7 Å². The minimum Gasteiger partial charge on any atom is -0.379 e. The van der Waals surface area contributed by atoms with E-state index in [1.807, 2.05) is 35.5 Å². The highest BCUT2D eigenvalue weighted by atomic mass is 19.1. The van der Waals surface area contributed by atoms with Crippen molar-refractivity contribution in [2.24, 2.45) is 5.92 Å². The summed E-state index contributed by atoms with van der Waals surface area (Å²) in [6, 6.07) is 15.1. The van der Waals surface area contributed by atoms with Crippen LogP contribution in [0.4, 0.5) is 4.39 Å². The molecule has 2 aromatic carbocycles. The fraction of sp³-hybridized carbons (Fsp3) is 0.407. The van der Waals surface area contributed by atoms with Crippen molar-refractivity contribution in [3.8, 4) is 0 Å². The molecule has 1 saturated heterocycles. The Bertz CT molecular complexity index is 1100. The summed E-state index contributed by atoms with van der Waals surface area (Å²) in [5.41, 5.74) is 0.986. The van der Waals surface area contributed by atoms with Crippen LogP contribution in [0.5, 0.6) is 0 Å². The summed E-state index contributed by atoms with van der Waals surface area (Å²) >= 11 is 0. The molecule has 1 atom stereocenters. The number of pyridine rings is 1. The Labute approximate surface area is 188 Å². The maximum absolute atomic E-state index is 14.8. The highest BCUT2D eigenvalue weighted by molar-refractivity contribution is 5.89. The van der Waals surface area contributed by atoms with Gasteiger partial charge in [-0.3, -0.25) is 9.78 Å². The first-order valence-electron chi connectivity index (χ1n) is 11.6. The molecule has 2 fully saturated rings. The molecule has 166 valence electrons. The normalized spacial score (nSPS) is 20.9. The van der Waals surface area contributed by atoms with Crippen LogP contribution in [0.15, 0.2) is 60.9 Å². The average molecular weight is 433 g/mol. The number of rotatable bonds is 4. The molecule has 1 aromatic heterocycles. The number of hydrogen-bond donors (Lipinski definition) is 0. The molecule has 2 heterocycles. The van der Waals surface area contributed by atoms with Crippen molar-refractivity contribution in [3.05, 3.63) is 77.9 Å². The van der Waals surface area contributed by atoms with Gasteiger partial charge in [0.1, 0.15) is 5.82 Å². The lowest BCUT2D eigenvalue weighted by Gasteiger charge is -2.35. The van der Waals surface area contributed by atoms with Crippen molar-refractivity contribution in [1.82, 2.24) is 9.88 Å². The molecule has 2 aliphatic rings. The van der Waals surface area contributed by atoms with Crippen molar-refractivity contribution in [2.75, 3.05) is 26.3 Å². The van der Waals surface area contributed by atoms with Crippen molar-refractivity contribution in [2.45, 2.75) is 37.5 Å². The summed E-state index contributed by atoms with van der Waals surface area (Å²) in [5, 5.41) is 2.32. The molecule has 0 N–H and O–H groups in total. The van der Waals surface area contributed by atoms with E-state index in [0.717, 1.165) is 24.6 Å². The molecule has 1 aliphatic heterocycles. The van der Waals surface area contributed by atoms with Gasteiger partial charge in [0.2, 0.25) is 5.91 Å². The predicted octanol–water partition coefficient (Wildman–Crippen LogP) is 4.90. The van der Waals surface area contributed by atoms with Gasteiger partial charge >= 0.3 is 0 Å². The van der Waals surface area contributed by atoms with Crippen LogP contribution in [-0.4, -0.2) is 42.1 Å². The van der Waals surface area contributed by atoms with Gasteiger partial charge in [0, 0.05) is 42.4 Å². The number of nitrogens with zero attached hydrogens (tertiary/aromatic N) is 2. The molecule has 1 amide bonds. The monoisotopic (exact) mass is 432 g/mol. The van der Waals surface area contributed by atoms with Gasteiger partial charge in [0.15, 0.2) is 0 Å². The molecule has 4 nitrogen and oxygen atoms in total. The number of amides is 1. The number of carbonyl (C=O) groups excluding carboxylic acids is 1. The van der Waals surface area contributed by atoms with Crippen molar-refractivity contribution < 1.29 is 13.9 Å². The highest BCUT2D eigenvalue weighted by Gasteiger charge is 2.46. The number of aromatic nitrogens is 1. The van der Waals surface area contributed by atoms with Crippen molar-refractivity contribution in [1.29, 1.82) is 0 Å². The summed E-state index contributed by atoms with van der Waals surface area (Å²) in [7, 11) is 0. The fourth-order valence-electron chi connectivity index (χ4n) is 5.57. The van der Waals surface area contributed by atoms with Crippen LogP contribution in [0.2, 0.25) is 0 Å². The molecule has 1 saturated carbocycles. The van der Waals surface area contributed by atoms with Gasteiger partial charge in [0.25, 0.3) is 0 Å². The van der Waals surface area contributed by atoms with Crippen molar-refractivity contribution >= 4 is 16.7 Å². The zero-order valence-electron chi connectivity index (χ0n) is 18.3. The summed E-state index contributed by atoms with van der Waals surface area (Å²) < 4.78 is 20.7. The van der Waals surface area contributed by atoms with E-state index in [2.05, 4.69) is 17.1 Å². The lowest BCUT2D eigenvalue weighted by molar-refractivity contribution is -0.138. The topological polar surface area (TPSA) is 42.4 Å². The highest BCUT2D eigenvalue weighted by Crippen LogP contribution is 2.44. The molecular weight excluding hydrogens is 403 g/mol. The Morgan fingerprint density at radius 1 is 1.09 bits per heavy atom. The van der Waals surface area contributed by atoms with Crippen LogP contribution in [-0.2, 0) is 21.4 Å². The molecule has 0 bridgehead atoms. The van der Waals surface area contributed by atoms with Crippen LogP contribution < -0.4 is 0 Å². The Hall–Kier alpha value is -2.79. The Morgan fingerprint density at radius 2 is 1.88 bits per heavy atom. The van der Waals surface area contributed by atoms with Crippen LogP contribution in [0.3, 0.4) is 0 Å². The van der Waals surface area contributed by atoms with Gasteiger partial charge in [-0.2, -0.15) is 0 Å². The number of fused-ring (bicyclic) bond motifs is 1. The summed E-state index contributed by atoms with van der Waals surface area (Å²) in [6.07, 6.45) is 7.94. The smallest absolute Gasteiger partial charge is 0.233 e. The third-order valence-corrected chi connectivity index (χ3v) is 7.14. The first-order chi connectivity index (χ1) is 15.7. The standard InChI is InChI=1S/C27H29FN2O2/c28-25-10-4-3-9-24(25)27(11-5-6-12-27)26(31)30-13-14-32-19-20(18-30)15-22-17-29-16-21-7-1-2-8-23(21)22/h1-4,7-10,16-17,20H,5-6,11-15,18-19H2/t20-/m1/s1. The van der Waals surface area contributed by atoms with Crippen LogP contribution in [0.1, 0.15) is 36.8 Å². The quantitative estimate of drug-likeness (QED) is 0.589. The molecule has 0 radical (unpaired) electrons. The lowest BCUT2D eigenvalue weighted by Crippen LogP contribution is -2.48. The second kappa shape index (κ2) is 8.99. The lowest BCUT2D eigenvalue weighted by atomic mass is 9.77. The van der Waals surface area contributed by atoms with E-state index < -0.39 is 5.41 Å². The molecular formula is C27H29FN2O2. The predicted molar refractivity (Wildman–Crippen MR) is 123 cm³/mol. The van der Waals surface area contributed by atoms with Crippen LogP contribution >= 0.6 is 0 Å². The number of ether oxygens (including phenoxy) is 1. The third-order valence-electron chi connectivity index (χ3n) is 7.14. The number of halogens is 1. The number of hydrogen-bond acceptors (Lipinski definition) is 3. The van der Waals surface area contributed by atoms with Gasteiger partial charge < -0.3 is 9.64 Å². The second-order valence-corrected chi connectivity index (χ2v) is 9.19. The van der Waals surface area contributed by atoms with Gasteiger partial charge in [-0.25, -0.2) is 4.39 Å². The molecule has 3 aromatic rings. The molecule has 5 rings (SSSR count). The van der Waals surface area contributed by atoms with E-state index in [-0.39, 0.29) is 17.6 Å². The molecule has 5 heteroatoms. The summed E-state index contributed by atoms with van der Waals surface area (Å²) in [5.74, 6) is -0.0352. The first kappa shape index (κ1) is 21.1. The Balaban J connectivity index is 1.41.